The number of carbonyl (C=O) groups is 1. The van der Waals surface area contributed by atoms with Crippen LogP contribution in [-0.2, 0) is 16.1 Å². The van der Waals surface area contributed by atoms with Gasteiger partial charge in [-0.1, -0.05) is 29.8 Å². The predicted molar refractivity (Wildman–Crippen MR) is 77.4 cm³/mol. The number of benzene rings is 1. The lowest BCUT2D eigenvalue weighted by atomic mass is 9.90. The van der Waals surface area contributed by atoms with Crippen LogP contribution in [0.4, 0.5) is 0 Å². The minimum absolute atomic E-state index is 0.107. The minimum atomic E-state index is -0.122. The van der Waals surface area contributed by atoms with Crippen LogP contribution in [0.25, 0.3) is 0 Å². The van der Waals surface area contributed by atoms with Gasteiger partial charge in [0.25, 0.3) is 0 Å². The van der Waals surface area contributed by atoms with E-state index in [1.54, 1.807) is 0 Å². The van der Waals surface area contributed by atoms with Crippen LogP contribution in [-0.4, -0.2) is 42.6 Å². The lowest BCUT2D eigenvalue weighted by Crippen LogP contribution is -2.57. The first-order valence-corrected chi connectivity index (χ1v) is 7.35. The average molecular weight is 274 g/mol. The second-order valence-electron chi connectivity index (χ2n) is 5.96. The Balaban J connectivity index is 1.72. The van der Waals surface area contributed by atoms with Gasteiger partial charge in [0.1, 0.15) is 6.61 Å². The molecule has 1 spiro atoms. The summed E-state index contributed by atoms with van der Waals surface area (Å²) in [5.74, 6) is 0.107. The normalized spacial score (nSPS) is 22.2. The number of hydrogen-bond acceptors (Lipinski definition) is 3. The number of nitrogens with one attached hydrogen (secondary N) is 1. The third-order valence-corrected chi connectivity index (χ3v) is 4.30. The molecule has 0 aromatic heterocycles. The number of amides is 1. The molecule has 1 aromatic rings. The first kappa shape index (κ1) is 13.6. The number of ether oxygens (including phenoxy) is 1. The van der Waals surface area contributed by atoms with Gasteiger partial charge in [-0.3, -0.25) is 4.79 Å². The van der Waals surface area contributed by atoms with Crippen LogP contribution in [0, 0.1) is 6.92 Å². The van der Waals surface area contributed by atoms with Gasteiger partial charge in [-0.15, -0.1) is 0 Å². The van der Waals surface area contributed by atoms with E-state index in [2.05, 4.69) is 36.5 Å². The predicted octanol–water partition coefficient (Wildman–Crippen LogP) is 1.48. The quantitative estimate of drug-likeness (QED) is 0.888. The van der Waals surface area contributed by atoms with E-state index in [1.165, 1.54) is 11.1 Å². The molecular formula is C16H22N2O2. The van der Waals surface area contributed by atoms with E-state index in [1.807, 2.05) is 4.90 Å². The van der Waals surface area contributed by atoms with Crippen LogP contribution < -0.4 is 5.32 Å². The summed E-state index contributed by atoms with van der Waals surface area (Å²) in [7, 11) is 0. The lowest BCUT2D eigenvalue weighted by Gasteiger charge is -2.44. The second kappa shape index (κ2) is 5.54. The van der Waals surface area contributed by atoms with Gasteiger partial charge in [-0.2, -0.15) is 0 Å². The molecule has 2 aliphatic rings. The number of nitrogens with zero attached hydrogens (tertiary/aromatic N) is 1. The smallest absolute Gasteiger partial charge is 0.248 e. The first-order valence-electron chi connectivity index (χ1n) is 7.35. The van der Waals surface area contributed by atoms with Crippen molar-refractivity contribution in [2.45, 2.75) is 31.9 Å². The van der Waals surface area contributed by atoms with E-state index in [0.29, 0.717) is 6.54 Å². The number of hydrogen-bond donors (Lipinski definition) is 1. The lowest BCUT2D eigenvalue weighted by molar-refractivity contribution is -0.168. The summed E-state index contributed by atoms with van der Waals surface area (Å²) in [4.78, 5) is 14.1. The molecule has 4 heteroatoms. The highest BCUT2D eigenvalue weighted by Crippen LogP contribution is 2.28. The largest absolute Gasteiger partial charge is 0.363 e. The van der Waals surface area contributed by atoms with Crippen molar-refractivity contribution < 1.29 is 9.53 Å². The van der Waals surface area contributed by atoms with Crippen molar-refractivity contribution in [3.05, 3.63) is 35.4 Å². The van der Waals surface area contributed by atoms with E-state index in [9.17, 15) is 4.79 Å². The van der Waals surface area contributed by atoms with E-state index < -0.39 is 0 Å². The van der Waals surface area contributed by atoms with E-state index in [-0.39, 0.29) is 18.1 Å². The van der Waals surface area contributed by atoms with Crippen LogP contribution in [0.15, 0.2) is 24.3 Å². The molecule has 2 aliphatic heterocycles. The molecule has 0 radical (unpaired) electrons. The SMILES string of the molecule is Cc1cccc(CN2CC3(CCNCC3)OCC2=O)c1. The molecule has 108 valence electrons. The number of aryl methyl sites for hydroxylation is 1. The summed E-state index contributed by atoms with van der Waals surface area (Å²) in [5, 5.41) is 3.36. The number of rotatable bonds is 2. The summed E-state index contributed by atoms with van der Waals surface area (Å²) in [6.45, 7) is 5.68. The third-order valence-electron chi connectivity index (χ3n) is 4.30. The Bertz CT molecular complexity index is 495. The maximum Gasteiger partial charge on any atom is 0.248 e. The monoisotopic (exact) mass is 274 g/mol. The van der Waals surface area contributed by atoms with Gasteiger partial charge in [0, 0.05) is 6.54 Å². The zero-order valence-corrected chi connectivity index (χ0v) is 12.0. The Morgan fingerprint density at radius 2 is 2.15 bits per heavy atom. The van der Waals surface area contributed by atoms with Gasteiger partial charge >= 0.3 is 0 Å². The Morgan fingerprint density at radius 1 is 1.35 bits per heavy atom. The van der Waals surface area contributed by atoms with Crippen LogP contribution in [0.3, 0.4) is 0 Å². The first-order chi connectivity index (χ1) is 9.67. The zero-order chi connectivity index (χ0) is 14.0. The molecule has 1 N–H and O–H groups in total. The summed E-state index contributed by atoms with van der Waals surface area (Å²) in [6.07, 6.45) is 1.98. The van der Waals surface area contributed by atoms with Gasteiger partial charge in [0.05, 0.1) is 12.1 Å². The van der Waals surface area contributed by atoms with Gasteiger partial charge in [0.15, 0.2) is 0 Å². The van der Waals surface area contributed by atoms with Crippen molar-refractivity contribution in [3.8, 4) is 0 Å². The molecule has 1 amide bonds. The standard InChI is InChI=1S/C16H22N2O2/c1-13-3-2-4-14(9-13)10-18-12-16(20-11-15(18)19)5-7-17-8-6-16/h2-4,9,17H,5-8,10-12H2,1H3. The van der Waals surface area contributed by atoms with Crippen LogP contribution >= 0.6 is 0 Å². The Morgan fingerprint density at radius 3 is 2.90 bits per heavy atom. The van der Waals surface area contributed by atoms with Gasteiger partial charge in [-0.05, 0) is 38.4 Å². The molecule has 3 rings (SSSR count). The van der Waals surface area contributed by atoms with E-state index in [0.717, 1.165) is 32.5 Å². The molecule has 0 bridgehead atoms. The molecule has 4 nitrogen and oxygen atoms in total. The van der Waals surface area contributed by atoms with Crippen molar-refractivity contribution >= 4 is 5.91 Å². The molecule has 0 saturated carbocycles. The van der Waals surface area contributed by atoms with Crippen LogP contribution in [0.1, 0.15) is 24.0 Å². The highest BCUT2D eigenvalue weighted by Gasteiger charge is 2.40. The number of carbonyl (C=O) groups excluding carboxylic acids is 1. The molecule has 2 saturated heterocycles. The van der Waals surface area contributed by atoms with Gasteiger partial charge < -0.3 is 15.0 Å². The maximum absolute atomic E-state index is 12.1. The Hall–Kier alpha value is -1.39. The van der Waals surface area contributed by atoms with Crippen LogP contribution in [0.5, 0.6) is 0 Å². The van der Waals surface area contributed by atoms with Gasteiger partial charge in [-0.25, -0.2) is 0 Å². The van der Waals surface area contributed by atoms with Crippen LogP contribution in [0.2, 0.25) is 0 Å². The molecule has 2 heterocycles. The van der Waals surface area contributed by atoms with Crippen molar-refractivity contribution in [1.82, 2.24) is 10.2 Å². The summed E-state index contributed by atoms with van der Waals surface area (Å²) < 4.78 is 5.88. The fourth-order valence-electron chi connectivity index (χ4n) is 3.15. The number of piperidine rings is 1. The fourth-order valence-corrected chi connectivity index (χ4v) is 3.15. The molecule has 0 aliphatic carbocycles. The average Bonchev–Trinajstić information content (AvgIpc) is 2.44. The summed E-state index contributed by atoms with van der Waals surface area (Å²) in [6, 6.07) is 8.37. The Kier molecular flexibility index (Phi) is 3.76. The van der Waals surface area contributed by atoms with E-state index >= 15 is 0 Å². The van der Waals surface area contributed by atoms with Crippen molar-refractivity contribution in [2.75, 3.05) is 26.2 Å². The van der Waals surface area contributed by atoms with Gasteiger partial charge in [0.2, 0.25) is 5.91 Å². The molecule has 0 unspecified atom stereocenters. The van der Waals surface area contributed by atoms with E-state index in [4.69, 9.17) is 4.74 Å². The number of morpholine rings is 1. The fraction of sp³-hybridized carbons (Fsp3) is 0.562. The molecule has 0 atom stereocenters. The summed E-state index contributed by atoms with van der Waals surface area (Å²) >= 11 is 0. The second-order valence-corrected chi connectivity index (χ2v) is 5.96. The molecule has 20 heavy (non-hydrogen) atoms. The zero-order valence-electron chi connectivity index (χ0n) is 12.0. The highest BCUT2D eigenvalue weighted by molar-refractivity contribution is 5.78. The highest BCUT2D eigenvalue weighted by atomic mass is 16.5. The minimum Gasteiger partial charge on any atom is -0.363 e. The molecular weight excluding hydrogens is 252 g/mol. The topological polar surface area (TPSA) is 41.6 Å². The molecule has 1 aromatic carbocycles. The molecule has 2 fully saturated rings. The third kappa shape index (κ3) is 2.86. The van der Waals surface area contributed by atoms with Crippen molar-refractivity contribution in [3.63, 3.8) is 0 Å². The van der Waals surface area contributed by atoms with Crippen molar-refractivity contribution in [2.24, 2.45) is 0 Å². The Labute approximate surface area is 120 Å². The van der Waals surface area contributed by atoms with Crippen molar-refractivity contribution in [1.29, 1.82) is 0 Å². The summed E-state index contributed by atoms with van der Waals surface area (Å²) in [5.41, 5.74) is 2.31. The maximum atomic E-state index is 12.1.